The van der Waals surface area contributed by atoms with Crippen molar-refractivity contribution in [2.24, 2.45) is 0 Å². The van der Waals surface area contributed by atoms with E-state index in [1.807, 2.05) is 43.5 Å². The molecule has 0 fully saturated rings. The molecule has 0 aliphatic carbocycles. The van der Waals surface area contributed by atoms with Gasteiger partial charge in [0.1, 0.15) is 5.75 Å². The van der Waals surface area contributed by atoms with E-state index in [0.29, 0.717) is 24.7 Å². The van der Waals surface area contributed by atoms with Crippen LogP contribution in [0.3, 0.4) is 0 Å². The molecule has 7 nitrogen and oxygen atoms in total. The number of H-pyrrole nitrogens is 1. The Morgan fingerprint density at radius 1 is 1.19 bits per heavy atom. The van der Waals surface area contributed by atoms with Gasteiger partial charge in [-0.2, -0.15) is 0 Å². The first-order chi connectivity index (χ1) is 15.7. The monoisotopic (exact) mass is 428 g/mol. The maximum Gasteiger partial charge on any atom is 0.256 e. The summed E-state index contributed by atoms with van der Waals surface area (Å²) in [6.07, 6.45) is 4.20. The Bertz CT molecular complexity index is 1260. The Balaban J connectivity index is 1.29. The Kier molecular flexibility index (Phi) is 5.56. The zero-order chi connectivity index (χ0) is 21.9. The molecule has 4 heterocycles. The van der Waals surface area contributed by atoms with E-state index < -0.39 is 0 Å². The number of benzene rings is 1. The fourth-order valence-corrected chi connectivity index (χ4v) is 4.00. The molecule has 4 aromatic rings. The minimum absolute atomic E-state index is 0.103. The summed E-state index contributed by atoms with van der Waals surface area (Å²) < 4.78 is 11.0. The predicted molar refractivity (Wildman–Crippen MR) is 121 cm³/mol. The number of hydrogen-bond donors (Lipinski definition) is 1. The van der Waals surface area contributed by atoms with Crippen LogP contribution < -0.4 is 10.3 Å². The van der Waals surface area contributed by atoms with Gasteiger partial charge in [-0.15, -0.1) is 0 Å². The second kappa shape index (κ2) is 8.80. The molecule has 7 heteroatoms. The van der Waals surface area contributed by atoms with Gasteiger partial charge in [0.15, 0.2) is 11.6 Å². The number of rotatable bonds is 6. The van der Waals surface area contributed by atoms with Crippen molar-refractivity contribution in [1.82, 2.24) is 19.9 Å². The number of pyridine rings is 1. The maximum absolute atomic E-state index is 12.7. The molecule has 1 N–H and O–H groups in total. The maximum atomic E-state index is 12.7. The third kappa shape index (κ3) is 4.20. The molecule has 5 rings (SSSR count). The smallest absolute Gasteiger partial charge is 0.256 e. The van der Waals surface area contributed by atoms with Crippen LogP contribution in [0.4, 0.5) is 0 Å². The van der Waals surface area contributed by atoms with E-state index in [2.05, 4.69) is 25.9 Å². The molecule has 3 aromatic heterocycles. The van der Waals surface area contributed by atoms with Crippen molar-refractivity contribution in [2.75, 3.05) is 13.2 Å². The fraction of sp³-hybridized carbons (Fsp3) is 0.240. The second-order valence-corrected chi connectivity index (χ2v) is 7.79. The molecule has 1 aromatic carbocycles. The molecule has 0 radical (unpaired) electrons. The van der Waals surface area contributed by atoms with Gasteiger partial charge in [0, 0.05) is 37.8 Å². The first-order valence-electron chi connectivity index (χ1n) is 10.8. The van der Waals surface area contributed by atoms with E-state index in [0.717, 1.165) is 53.3 Å². The molecule has 1 aliphatic rings. The zero-order valence-corrected chi connectivity index (χ0v) is 17.9. The standard InChI is InChI=1S/C25H24N4O3/c1-2-31-19-6-3-5-18(13-19)21-9-8-17(14-26-21)15-29-11-10-22-20(16-29)25(30)28-24(27-22)23-7-4-12-32-23/h3-9,12-14H,2,10-11,15-16H2,1H3,(H,27,28,30). The van der Waals surface area contributed by atoms with E-state index in [1.165, 1.54) is 0 Å². The topological polar surface area (TPSA) is 84.2 Å². The van der Waals surface area contributed by atoms with Crippen LogP contribution in [-0.2, 0) is 19.5 Å². The third-order valence-electron chi connectivity index (χ3n) is 5.57. The summed E-state index contributed by atoms with van der Waals surface area (Å²) in [5, 5.41) is 0. The van der Waals surface area contributed by atoms with Crippen LogP contribution in [0.2, 0.25) is 0 Å². The molecular formula is C25H24N4O3. The minimum atomic E-state index is -0.103. The number of nitrogens with zero attached hydrogens (tertiary/aromatic N) is 3. The van der Waals surface area contributed by atoms with Crippen molar-refractivity contribution in [1.29, 1.82) is 0 Å². The average Bonchev–Trinajstić information content (AvgIpc) is 3.35. The van der Waals surface area contributed by atoms with Crippen molar-refractivity contribution in [2.45, 2.75) is 26.4 Å². The van der Waals surface area contributed by atoms with Crippen molar-refractivity contribution in [3.8, 4) is 28.6 Å². The number of aromatic amines is 1. The van der Waals surface area contributed by atoms with Crippen LogP contribution in [0, 0.1) is 0 Å². The molecule has 0 atom stereocenters. The normalized spacial score (nSPS) is 13.7. The molecule has 0 amide bonds. The highest BCUT2D eigenvalue weighted by Crippen LogP contribution is 2.24. The van der Waals surface area contributed by atoms with Gasteiger partial charge in [-0.3, -0.25) is 14.7 Å². The summed E-state index contributed by atoms with van der Waals surface area (Å²) >= 11 is 0. The first kappa shape index (κ1) is 20.2. The van der Waals surface area contributed by atoms with E-state index in [-0.39, 0.29) is 5.56 Å². The number of aromatic nitrogens is 3. The van der Waals surface area contributed by atoms with Gasteiger partial charge in [0.25, 0.3) is 5.56 Å². The highest BCUT2D eigenvalue weighted by atomic mass is 16.5. The van der Waals surface area contributed by atoms with E-state index in [1.54, 1.807) is 18.4 Å². The van der Waals surface area contributed by atoms with Gasteiger partial charge in [-0.1, -0.05) is 18.2 Å². The van der Waals surface area contributed by atoms with Crippen LogP contribution in [0.1, 0.15) is 23.7 Å². The van der Waals surface area contributed by atoms with Crippen molar-refractivity contribution in [3.05, 3.63) is 88.2 Å². The highest BCUT2D eigenvalue weighted by Gasteiger charge is 2.22. The molecule has 0 bridgehead atoms. The van der Waals surface area contributed by atoms with Crippen LogP contribution in [0.5, 0.6) is 5.75 Å². The summed E-state index contributed by atoms with van der Waals surface area (Å²) in [5.41, 5.74) is 4.51. The number of ether oxygens (including phenoxy) is 1. The van der Waals surface area contributed by atoms with Crippen LogP contribution >= 0.6 is 0 Å². The summed E-state index contributed by atoms with van der Waals surface area (Å²) in [5.74, 6) is 1.91. The SMILES string of the molecule is CCOc1cccc(-c2ccc(CN3CCc4nc(-c5ccco5)[nH]c(=O)c4C3)cn2)c1. The number of furan rings is 1. The molecular weight excluding hydrogens is 404 g/mol. The Hall–Kier alpha value is -3.71. The Morgan fingerprint density at radius 3 is 2.91 bits per heavy atom. The predicted octanol–water partition coefficient (Wildman–Crippen LogP) is 4.05. The van der Waals surface area contributed by atoms with Crippen molar-refractivity contribution >= 4 is 0 Å². The van der Waals surface area contributed by atoms with Gasteiger partial charge < -0.3 is 14.1 Å². The largest absolute Gasteiger partial charge is 0.494 e. The molecule has 0 saturated carbocycles. The van der Waals surface area contributed by atoms with Gasteiger partial charge in [-0.25, -0.2) is 4.98 Å². The lowest BCUT2D eigenvalue weighted by atomic mass is 10.1. The Morgan fingerprint density at radius 2 is 2.12 bits per heavy atom. The van der Waals surface area contributed by atoms with E-state index in [9.17, 15) is 4.79 Å². The van der Waals surface area contributed by atoms with Crippen molar-refractivity contribution in [3.63, 3.8) is 0 Å². The highest BCUT2D eigenvalue weighted by molar-refractivity contribution is 5.61. The summed E-state index contributed by atoms with van der Waals surface area (Å²) in [7, 11) is 0. The molecule has 0 saturated heterocycles. The van der Waals surface area contributed by atoms with Gasteiger partial charge >= 0.3 is 0 Å². The minimum Gasteiger partial charge on any atom is -0.494 e. The lowest BCUT2D eigenvalue weighted by Gasteiger charge is -2.27. The lowest BCUT2D eigenvalue weighted by Crippen LogP contribution is -2.35. The van der Waals surface area contributed by atoms with Crippen LogP contribution in [0.15, 0.2) is 70.2 Å². The van der Waals surface area contributed by atoms with Crippen LogP contribution in [0.25, 0.3) is 22.8 Å². The van der Waals surface area contributed by atoms with Crippen LogP contribution in [-0.4, -0.2) is 33.0 Å². The van der Waals surface area contributed by atoms with E-state index in [4.69, 9.17) is 9.15 Å². The number of hydrogen-bond acceptors (Lipinski definition) is 6. The van der Waals surface area contributed by atoms with Gasteiger partial charge in [0.2, 0.25) is 0 Å². The van der Waals surface area contributed by atoms with Gasteiger partial charge in [0.05, 0.1) is 29.8 Å². The fourth-order valence-electron chi connectivity index (χ4n) is 4.00. The summed E-state index contributed by atoms with van der Waals surface area (Å²) in [4.78, 5) is 27.0. The molecule has 1 aliphatic heterocycles. The second-order valence-electron chi connectivity index (χ2n) is 7.79. The number of nitrogens with one attached hydrogen (secondary N) is 1. The summed E-state index contributed by atoms with van der Waals surface area (Å²) in [6.45, 7) is 4.73. The van der Waals surface area contributed by atoms with E-state index >= 15 is 0 Å². The zero-order valence-electron chi connectivity index (χ0n) is 17.9. The first-order valence-corrected chi connectivity index (χ1v) is 10.8. The van der Waals surface area contributed by atoms with Gasteiger partial charge in [-0.05, 0) is 42.8 Å². The van der Waals surface area contributed by atoms with Crippen molar-refractivity contribution < 1.29 is 9.15 Å². The quantitative estimate of drug-likeness (QED) is 0.499. The molecule has 32 heavy (non-hydrogen) atoms. The molecule has 0 spiro atoms. The molecule has 0 unspecified atom stereocenters. The third-order valence-corrected chi connectivity index (χ3v) is 5.57. The Labute approximate surface area is 185 Å². The lowest BCUT2D eigenvalue weighted by molar-refractivity contribution is 0.241. The average molecular weight is 428 g/mol. The molecule has 162 valence electrons. The summed E-state index contributed by atoms with van der Waals surface area (Å²) in [6, 6.07) is 15.7. The number of fused-ring (bicyclic) bond motifs is 1.